The van der Waals surface area contributed by atoms with E-state index in [2.05, 4.69) is 16.4 Å². The van der Waals surface area contributed by atoms with Crippen molar-refractivity contribution in [1.82, 2.24) is 4.98 Å². The second-order valence-electron chi connectivity index (χ2n) is 3.96. The molecule has 3 N–H and O–H groups in total. The third-order valence-corrected chi connectivity index (χ3v) is 2.63. The Labute approximate surface area is 111 Å². The van der Waals surface area contributed by atoms with Crippen LogP contribution in [0.4, 0.5) is 11.5 Å². The summed E-state index contributed by atoms with van der Waals surface area (Å²) in [6.07, 6.45) is 0. The third-order valence-electron chi connectivity index (χ3n) is 2.63. The van der Waals surface area contributed by atoms with E-state index < -0.39 is 0 Å². The predicted molar refractivity (Wildman–Crippen MR) is 73.7 cm³/mol. The molecule has 1 heterocycles. The number of ether oxygens (including phenoxy) is 1. The topological polar surface area (TPSA) is 84.0 Å². The standard InChI is InChI=1S/C14H14N4O/c1-19-13-6-5-12(16)14(18-13)17-9-11-4-2-3-10(7-11)8-15/h2-7H,9,16H2,1H3,(H,17,18). The average Bonchev–Trinajstić information content (AvgIpc) is 2.46. The van der Waals surface area contributed by atoms with E-state index in [0.29, 0.717) is 29.5 Å². The molecule has 0 radical (unpaired) electrons. The minimum absolute atomic E-state index is 0.502. The first kappa shape index (κ1) is 12.7. The van der Waals surface area contributed by atoms with Crippen LogP contribution in [0.5, 0.6) is 5.88 Å². The smallest absolute Gasteiger partial charge is 0.215 e. The van der Waals surface area contributed by atoms with E-state index in [4.69, 9.17) is 15.7 Å². The molecular weight excluding hydrogens is 240 g/mol. The van der Waals surface area contributed by atoms with Crippen molar-refractivity contribution < 1.29 is 4.74 Å². The van der Waals surface area contributed by atoms with Gasteiger partial charge in [0.1, 0.15) is 0 Å². The van der Waals surface area contributed by atoms with Gasteiger partial charge < -0.3 is 15.8 Å². The van der Waals surface area contributed by atoms with Gasteiger partial charge in [0, 0.05) is 12.6 Å². The van der Waals surface area contributed by atoms with E-state index in [9.17, 15) is 0 Å². The minimum atomic E-state index is 0.502. The Morgan fingerprint density at radius 1 is 1.37 bits per heavy atom. The maximum absolute atomic E-state index is 8.84. The molecule has 1 aromatic carbocycles. The molecule has 96 valence electrons. The van der Waals surface area contributed by atoms with Gasteiger partial charge in [-0.25, -0.2) is 0 Å². The Morgan fingerprint density at radius 2 is 2.21 bits per heavy atom. The molecule has 0 aliphatic rings. The number of nitrogens with two attached hydrogens (primary N) is 1. The van der Waals surface area contributed by atoms with E-state index in [1.807, 2.05) is 18.2 Å². The normalized spacial score (nSPS) is 9.68. The van der Waals surface area contributed by atoms with Gasteiger partial charge in [0.25, 0.3) is 0 Å². The van der Waals surface area contributed by atoms with Gasteiger partial charge in [-0.05, 0) is 23.8 Å². The number of nitrogens with one attached hydrogen (secondary N) is 1. The maximum Gasteiger partial charge on any atom is 0.215 e. The molecule has 0 aliphatic heterocycles. The van der Waals surface area contributed by atoms with Crippen LogP contribution in [0.15, 0.2) is 36.4 Å². The van der Waals surface area contributed by atoms with Crippen molar-refractivity contribution in [2.45, 2.75) is 6.54 Å². The molecule has 2 aromatic rings. The van der Waals surface area contributed by atoms with Crippen LogP contribution in [-0.2, 0) is 6.54 Å². The van der Waals surface area contributed by atoms with Gasteiger partial charge in [0.2, 0.25) is 5.88 Å². The first-order chi connectivity index (χ1) is 9.22. The molecule has 0 fully saturated rings. The first-order valence-corrected chi connectivity index (χ1v) is 5.76. The minimum Gasteiger partial charge on any atom is -0.481 e. The number of nitrogen functional groups attached to an aromatic ring is 1. The van der Waals surface area contributed by atoms with Crippen molar-refractivity contribution in [3.63, 3.8) is 0 Å². The average molecular weight is 254 g/mol. The summed E-state index contributed by atoms with van der Waals surface area (Å²) < 4.78 is 5.05. The Kier molecular flexibility index (Phi) is 3.84. The summed E-state index contributed by atoms with van der Waals surface area (Å²) in [5, 5.41) is 12.0. The van der Waals surface area contributed by atoms with Crippen molar-refractivity contribution >= 4 is 11.5 Å². The van der Waals surface area contributed by atoms with E-state index >= 15 is 0 Å². The third kappa shape index (κ3) is 3.13. The number of nitrogens with zero attached hydrogens (tertiary/aromatic N) is 2. The van der Waals surface area contributed by atoms with Crippen LogP contribution in [0.25, 0.3) is 0 Å². The van der Waals surface area contributed by atoms with Crippen molar-refractivity contribution in [3.8, 4) is 11.9 Å². The van der Waals surface area contributed by atoms with Crippen molar-refractivity contribution in [2.75, 3.05) is 18.2 Å². The van der Waals surface area contributed by atoms with Crippen LogP contribution in [-0.4, -0.2) is 12.1 Å². The molecule has 0 bridgehead atoms. The highest BCUT2D eigenvalue weighted by atomic mass is 16.5. The van der Waals surface area contributed by atoms with E-state index in [-0.39, 0.29) is 0 Å². The van der Waals surface area contributed by atoms with Gasteiger partial charge in [-0.1, -0.05) is 12.1 Å². The van der Waals surface area contributed by atoms with Crippen LogP contribution in [0.3, 0.4) is 0 Å². The number of aromatic nitrogens is 1. The number of benzene rings is 1. The molecule has 2 rings (SSSR count). The summed E-state index contributed by atoms with van der Waals surface area (Å²) >= 11 is 0. The summed E-state index contributed by atoms with van der Waals surface area (Å²) in [5.74, 6) is 1.07. The first-order valence-electron chi connectivity index (χ1n) is 5.76. The van der Waals surface area contributed by atoms with Gasteiger partial charge >= 0.3 is 0 Å². The number of hydrogen-bond donors (Lipinski definition) is 2. The molecule has 1 aromatic heterocycles. The monoisotopic (exact) mass is 254 g/mol. The van der Waals surface area contributed by atoms with Crippen LogP contribution in [0, 0.1) is 11.3 Å². The van der Waals surface area contributed by atoms with Crippen LogP contribution in [0.1, 0.15) is 11.1 Å². The van der Waals surface area contributed by atoms with Crippen LogP contribution in [0.2, 0.25) is 0 Å². The summed E-state index contributed by atoms with van der Waals surface area (Å²) in [7, 11) is 1.55. The second kappa shape index (κ2) is 5.74. The summed E-state index contributed by atoms with van der Waals surface area (Å²) in [4.78, 5) is 4.23. The lowest BCUT2D eigenvalue weighted by Crippen LogP contribution is -2.05. The summed E-state index contributed by atoms with van der Waals surface area (Å²) in [5.41, 5.74) is 8.00. The molecule has 0 atom stereocenters. The molecule has 5 nitrogen and oxygen atoms in total. The quantitative estimate of drug-likeness (QED) is 0.873. The van der Waals surface area contributed by atoms with Gasteiger partial charge in [0.05, 0.1) is 24.4 Å². The lowest BCUT2D eigenvalue weighted by molar-refractivity contribution is 0.398. The number of methoxy groups -OCH3 is 1. The number of pyridine rings is 1. The fourth-order valence-corrected chi connectivity index (χ4v) is 1.64. The molecule has 19 heavy (non-hydrogen) atoms. The van der Waals surface area contributed by atoms with Gasteiger partial charge in [-0.15, -0.1) is 0 Å². The summed E-state index contributed by atoms with van der Waals surface area (Å²) in [6.45, 7) is 0.542. The molecule has 0 spiro atoms. The van der Waals surface area contributed by atoms with Gasteiger partial charge in [-0.3, -0.25) is 0 Å². The number of nitriles is 1. The zero-order valence-corrected chi connectivity index (χ0v) is 10.6. The lowest BCUT2D eigenvalue weighted by atomic mass is 10.1. The molecule has 0 aliphatic carbocycles. The van der Waals surface area contributed by atoms with Crippen LogP contribution >= 0.6 is 0 Å². The Hall–Kier alpha value is -2.74. The predicted octanol–water partition coefficient (Wildman–Crippen LogP) is 2.16. The SMILES string of the molecule is COc1ccc(N)c(NCc2cccc(C#N)c2)n1. The second-order valence-corrected chi connectivity index (χ2v) is 3.96. The Bertz CT molecular complexity index is 619. The highest BCUT2D eigenvalue weighted by Crippen LogP contribution is 2.20. The maximum atomic E-state index is 8.84. The fraction of sp³-hybridized carbons (Fsp3) is 0.143. The largest absolute Gasteiger partial charge is 0.481 e. The zero-order chi connectivity index (χ0) is 13.7. The van der Waals surface area contributed by atoms with E-state index in [0.717, 1.165) is 5.56 Å². The summed E-state index contributed by atoms with van der Waals surface area (Å²) in [6, 6.07) is 12.9. The molecule has 0 saturated carbocycles. The van der Waals surface area contributed by atoms with Gasteiger partial charge in [-0.2, -0.15) is 10.2 Å². The van der Waals surface area contributed by atoms with Crippen molar-refractivity contribution in [3.05, 3.63) is 47.5 Å². The lowest BCUT2D eigenvalue weighted by Gasteiger charge is -2.09. The molecular formula is C14H14N4O. The Balaban J connectivity index is 2.12. The number of hydrogen-bond acceptors (Lipinski definition) is 5. The molecule has 0 unspecified atom stereocenters. The highest BCUT2D eigenvalue weighted by Gasteiger charge is 2.03. The van der Waals surface area contributed by atoms with Gasteiger partial charge in [0.15, 0.2) is 5.82 Å². The highest BCUT2D eigenvalue weighted by molar-refractivity contribution is 5.62. The van der Waals surface area contributed by atoms with E-state index in [1.165, 1.54) is 0 Å². The zero-order valence-electron chi connectivity index (χ0n) is 10.6. The fourth-order valence-electron chi connectivity index (χ4n) is 1.64. The van der Waals surface area contributed by atoms with Crippen LogP contribution < -0.4 is 15.8 Å². The molecule has 5 heteroatoms. The van der Waals surface area contributed by atoms with E-state index in [1.54, 1.807) is 25.3 Å². The number of anilines is 2. The van der Waals surface area contributed by atoms with Crippen molar-refractivity contribution in [2.24, 2.45) is 0 Å². The molecule has 0 amide bonds. The number of rotatable bonds is 4. The molecule has 0 saturated heterocycles. The Morgan fingerprint density at radius 3 is 2.95 bits per heavy atom. The van der Waals surface area contributed by atoms with Crippen molar-refractivity contribution in [1.29, 1.82) is 5.26 Å².